The fourth-order valence-electron chi connectivity index (χ4n) is 2.19. The molecule has 0 atom stereocenters. The molecule has 1 aromatic carbocycles. The van der Waals surface area contributed by atoms with Gasteiger partial charge < -0.3 is 4.98 Å². The average molecular weight is 254 g/mol. The highest BCUT2D eigenvalue weighted by molar-refractivity contribution is 5.77. The summed E-state index contributed by atoms with van der Waals surface area (Å²) in [7, 11) is 0. The Bertz CT molecular complexity index is 801. The molecule has 0 saturated heterocycles. The van der Waals surface area contributed by atoms with Gasteiger partial charge in [0, 0.05) is 5.69 Å². The lowest BCUT2D eigenvalue weighted by atomic mass is 10.2. The van der Waals surface area contributed by atoms with Gasteiger partial charge in [-0.15, -0.1) is 0 Å². The Kier molecular flexibility index (Phi) is 2.67. The molecule has 5 nitrogen and oxygen atoms in total. The number of aromatic nitrogens is 4. The van der Waals surface area contributed by atoms with Gasteiger partial charge in [-0.2, -0.15) is 5.10 Å². The van der Waals surface area contributed by atoms with Crippen LogP contribution < -0.4 is 5.56 Å². The number of rotatable bonds is 2. The molecule has 0 amide bonds. The van der Waals surface area contributed by atoms with Crippen molar-refractivity contribution in [1.82, 2.24) is 19.7 Å². The number of hydrogen-bond donors (Lipinski definition) is 1. The summed E-state index contributed by atoms with van der Waals surface area (Å²) in [6, 6.07) is 9.32. The van der Waals surface area contributed by atoms with E-state index >= 15 is 0 Å². The van der Waals surface area contributed by atoms with E-state index in [1.54, 1.807) is 6.07 Å². The molecule has 0 saturated carbocycles. The predicted octanol–water partition coefficient (Wildman–Crippen LogP) is 1.78. The number of fused-ring (bicyclic) bond motifs is 1. The highest BCUT2D eigenvalue weighted by Crippen LogP contribution is 2.08. The van der Waals surface area contributed by atoms with Crippen molar-refractivity contribution in [3.8, 4) is 0 Å². The lowest BCUT2D eigenvalue weighted by Crippen LogP contribution is -2.15. The van der Waals surface area contributed by atoms with E-state index in [1.807, 2.05) is 42.8 Å². The van der Waals surface area contributed by atoms with Crippen molar-refractivity contribution in [2.24, 2.45) is 0 Å². The average Bonchev–Trinajstić information content (AvgIpc) is 2.68. The zero-order chi connectivity index (χ0) is 13.4. The van der Waals surface area contributed by atoms with Gasteiger partial charge in [-0.3, -0.25) is 9.48 Å². The summed E-state index contributed by atoms with van der Waals surface area (Å²) in [6.45, 7) is 4.40. The van der Waals surface area contributed by atoms with Gasteiger partial charge in [-0.05, 0) is 32.0 Å². The largest absolute Gasteiger partial charge is 0.308 e. The van der Waals surface area contributed by atoms with Gasteiger partial charge >= 0.3 is 0 Å². The molecule has 1 N–H and O–H groups in total. The highest BCUT2D eigenvalue weighted by atomic mass is 16.1. The van der Waals surface area contributed by atoms with Crippen molar-refractivity contribution in [1.29, 1.82) is 0 Å². The molecule has 0 unspecified atom stereocenters. The minimum Gasteiger partial charge on any atom is -0.308 e. The highest BCUT2D eigenvalue weighted by Gasteiger charge is 2.06. The maximum absolute atomic E-state index is 12.0. The van der Waals surface area contributed by atoms with Crippen molar-refractivity contribution >= 4 is 10.9 Å². The number of benzene rings is 1. The summed E-state index contributed by atoms with van der Waals surface area (Å²) in [6.07, 6.45) is 0. The van der Waals surface area contributed by atoms with E-state index in [0.717, 1.165) is 11.4 Å². The number of aryl methyl sites for hydroxylation is 2. The van der Waals surface area contributed by atoms with Gasteiger partial charge in [0.2, 0.25) is 0 Å². The molecule has 0 bridgehead atoms. The van der Waals surface area contributed by atoms with Gasteiger partial charge in [0.25, 0.3) is 5.56 Å². The Balaban J connectivity index is 2.06. The molecule has 5 heteroatoms. The van der Waals surface area contributed by atoms with Crippen molar-refractivity contribution < 1.29 is 0 Å². The van der Waals surface area contributed by atoms with Crippen LogP contribution >= 0.6 is 0 Å². The third kappa shape index (κ3) is 2.14. The SMILES string of the molecule is Cc1cc(C)n(Cc2nc3ccccc3c(=O)[nH]2)n1. The van der Waals surface area contributed by atoms with E-state index in [0.29, 0.717) is 23.3 Å². The molecular weight excluding hydrogens is 240 g/mol. The number of hydrogen-bond acceptors (Lipinski definition) is 3. The molecule has 19 heavy (non-hydrogen) atoms. The van der Waals surface area contributed by atoms with Crippen LogP contribution in [0.2, 0.25) is 0 Å². The van der Waals surface area contributed by atoms with Crippen molar-refractivity contribution in [2.75, 3.05) is 0 Å². The van der Waals surface area contributed by atoms with Crippen molar-refractivity contribution in [2.45, 2.75) is 20.4 Å². The van der Waals surface area contributed by atoms with Crippen LogP contribution in [0.3, 0.4) is 0 Å². The molecule has 0 aliphatic rings. The topological polar surface area (TPSA) is 63.6 Å². The second kappa shape index (κ2) is 4.35. The molecular formula is C14H14N4O. The first-order valence-corrected chi connectivity index (χ1v) is 6.12. The van der Waals surface area contributed by atoms with Crippen LogP contribution in [0.15, 0.2) is 35.1 Å². The number of nitrogens with one attached hydrogen (secondary N) is 1. The third-order valence-corrected chi connectivity index (χ3v) is 3.06. The zero-order valence-corrected chi connectivity index (χ0v) is 10.8. The van der Waals surface area contributed by atoms with Crippen LogP contribution in [0.1, 0.15) is 17.2 Å². The van der Waals surface area contributed by atoms with Gasteiger partial charge in [-0.1, -0.05) is 12.1 Å². The Morgan fingerprint density at radius 1 is 1.26 bits per heavy atom. The number of aromatic amines is 1. The first-order chi connectivity index (χ1) is 9.13. The summed E-state index contributed by atoms with van der Waals surface area (Å²) in [5, 5.41) is 4.98. The quantitative estimate of drug-likeness (QED) is 0.758. The number of H-pyrrole nitrogens is 1. The fourth-order valence-corrected chi connectivity index (χ4v) is 2.19. The van der Waals surface area contributed by atoms with E-state index < -0.39 is 0 Å². The molecule has 0 aliphatic heterocycles. The first kappa shape index (κ1) is 11.6. The summed E-state index contributed by atoms with van der Waals surface area (Å²) < 4.78 is 1.84. The molecule has 0 fully saturated rings. The summed E-state index contributed by atoms with van der Waals surface area (Å²) in [5.74, 6) is 0.620. The molecule has 96 valence electrons. The van der Waals surface area contributed by atoms with Crippen LogP contribution in [0.25, 0.3) is 10.9 Å². The molecule has 3 aromatic rings. The molecule has 2 heterocycles. The zero-order valence-electron chi connectivity index (χ0n) is 10.8. The van der Waals surface area contributed by atoms with Crippen molar-refractivity contribution in [3.05, 3.63) is 57.9 Å². The Morgan fingerprint density at radius 2 is 2.05 bits per heavy atom. The van der Waals surface area contributed by atoms with Crippen LogP contribution in [0.4, 0.5) is 0 Å². The van der Waals surface area contributed by atoms with E-state index in [4.69, 9.17) is 0 Å². The molecule has 2 aromatic heterocycles. The standard InChI is InChI=1S/C14H14N4O/c1-9-7-10(2)18(17-9)8-13-15-12-6-4-3-5-11(12)14(19)16-13/h3-7H,8H2,1-2H3,(H,15,16,19). The molecule has 0 spiro atoms. The van der Waals surface area contributed by atoms with Crippen molar-refractivity contribution in [3.63, 3.8) is 0 Å². The molecule has 0 radical (unpaired) electrons. The maximum Gasteiger partial charge on any atom is 0.258 e. The second-order valence-corrected chi connectivity index (χ2v) is 4.61. The summed E-state index contributed by atoms with van der Waals surface area (Å²) in [4.78, 5) is 19.2. The number of para-hydroxylation sites is 1. The summed E-state index contributed by atoms with van der Waals surface area (Å²) >= 11 is 0. The van der Waals surface area contributed by atoms with Gasteiger partial charge in [0.1, 0.15) is 5.82 Å². The van der Waals surface area contributed by atoms with E-state index in [2.05, 4.69) is 15.1 Å². The van der Waals surface area contributed by atoms with E-state index in [1.165, 1.54) is 0 Å². The maximum atomic E-state index is 12.0. The van der Waals surface area contributed by atoms with Crippen LogP contribution in [0, 0.1) is 13.8 Å². The third-order valence-electron chi connectivity index (χ3n) is 3.06. The molecule has 0 aliphatic carbocycles. The monoisotopic (exact) mass is 254 g/mol. The Labute approximate surface area is 109 Å². The minimum absolute atomic E-state index is 0.109. The van der Waals surface area contributed by atoms with Crippen LogP contribution in [0.5, 0.6) is 0 Å². The van der Waals surface area contributed by atoms with Gasteiger partial charge in [0.15, 0.2) is 0 Å². The van der Waals surface area contributed by atoms with Crippen LogP contribution in [-0.4, -0.2) is 19.7 Å². The second-order valence-electron chi connectivity index (χ2n) is 4.61. The summed E-state index contributed by atoms with van der Waals surface area (Å²) in [5.41, 5.74) is 2.61. The lowest BCUT2D eigenvalue weighted by molar-refractivity contribution is 0.632. The Hall–Kier alpha value is -2.43. The molecule has 3 rings (SSSR count). The smallest absolute Gasteiger partial charge is 0.258 e. The fraction of sp³-hybridized carbons (Fsp3) is 0.214. The Morgan fingerprint density at radius 3 is 2.79 bits per heavy atom. The minimum atomic E-state index is -0.109. The lowest BCUT2D eigenvalue weighted by Gasteiger charge is -2.05. The van der Waals surface area contributed by atoms with E-state index in [9.17, 15) is 4.79 Å². The van der Waals surface area contributed by atoms with Crippen LogP contribution in [-0.2, 0) is 6.54 Å². The van der Waals surface area contributed by atoms with E-state index in [-0.39, 0.29) is 5.56 Å². The normalized spacial score (nSPS) is 11.1. The van der Waals surface area contributed by atoms with Gasteiger partial charge in [0.05, 0.1) is 23.1 Å². The predicted molar refractivity (Wildman–Crippen MR) is 73.2 cm³/mol. The number of nitrogens with zero attached hydrogens (tertiary/aromatic N) is 3. The van der Waals surface area contributed by atoms with Gasteiger partial charge in [-0.25, -0.2) is 4.98 Å². The first-order valence-electron chi connectivity index (χ1n) is 6.12.